The maximum Gasteiger partial charge on any atom is 0.402 e. The smallest absolute Gasteiger partial charge is 0.383 e. The Morgan fingerprint density at radius 3 is 2.53 bits per heavy atom. The van der Waals surface area contributed by atoms with Crippen molar-refractivity contribution in [1.82, 2.24) is 9.29 Å². The fourth-order valence-corrected chi connectivity index (χ4v) is 3.35. The van der Waals surface area contributed by atoms with Gasteiger partial charge in [0.05, 0.1) is 0 Å². The molecule has 0 atom stereocenters. The number of alkyl halides is 3. The number of nitrogens with two attached hydrogens (primary N) is 1. The van der Waals surface area contributed by atoms with Crippen molar-refractivity contribution < 1.29 is 21.6 Å². The van der Waals surface area contributed by atoms with Crippen LogP contribution in [0, 0.1) is 0 Å². The predicted molar refractivity (Wildman–Crippen MR) is 66.8 cm³/mol. The van der Waals surface area contributed by atoms with Crippen molar-refractivity contribution in [3.05, 3.63) is 16.7 Å². The van der Waals surface area contributed by atoms with Gasteiger partial charge in [0.15, 0.2) is 0 Å². The molecule has 19 heavy (non-hydrogen) atoms. The molecule has 0 aromatic carbocycles. The molecule has 0 saturated carbocycles. The van der Waals surface area contributed by atoms with Crippen molar-refractivity contribution in [3.63, 3.8) is 0 Å². The molecular formula is C9H11BrF3N3O2S. The predicted octanol–water partition coefficient (Wildman–Crippen LogP) is 2.00. The third kappa shape index (κ3) is 4.05. The van der Waals surface area contributed by atoms with Crippen LogP contribution in [0.2, 0.25) is 0 Å². The molecule has 0 radical (unpaired) electrons. The van der Waals surface area contributed by atoms with Crippen LogP contribution in [0.3, 0.4) is 0 Å². The second-order valence-electron chi connectivity index (χ2n) is 3.58. The van der Waals surface area contributed by atoms with Crippen molar-refractivity contribution in [2.24, 2.45) is 0 Å². The molecule has 2 N–H and O–H groups in total. The van der Waals surface area contributed by atoms with Crippen LogP contribution in [0.4, 0.5) is 19.0 Å². The topological polar surface area (TPSA) is 76.3 Å². The third-order valence-corrected chi connectivity index (χ3v) is 4.56. The Morgan fingerprint density at radius 1 is 1.47 bits per heavy atom. The Hall–Kier alpha value is -0.870. The van der Waals surface area contributed by atoms with Crippen molar-refractivity contribution in [1.29, 1.82) is 0 Å². The monoisotopic (exact) mass is 361 g/mol. The maximum atomic E-state index is 12.4. The number of hydrogen-bond acceptors (Lipinski definition) is 4. The third-order valence-electron chi connectivity index (χ3n) is 2.17. The van der Waals surface area contributed by atoms with Gasteiger partial charge < -0.3 is 5.73 Å². The lowest BCUT2D eigenvalue weighted by molar-refractivity contribution is -0.135. The van der Waals surface area contributed by atoms with Gasteiger partial charge in [0.1, 0.15) is 17.3 Å². The van der Waals surface area contributed by atoms with Gasteiger partial charge in [0, 0.05) is 17.2 Å². The lowest BCUT2D eigenvalue weighted by Gasteiger charge is -2.22. The fourth-order valence-electron chi connectivity index (χ4n) is 1.34. The highest BCUT2D eigenvalue weighted by Gasteiger charge is 2.37. The average molecular weight is 362 g/mol. The van der Waals surface area contributed by atoms with E-state index in [1.165, 1.54) is 13.1 Å². The van der Waals surface area contributed by atoms with Gasteiger partial charge in [0.2, 0.25) is 10.0 Å². The minimum absolute atomic E-state index is 0.298. The van der Waals surface area contributed by atoms with Crippen molar-refractivity contribution >= 4 is 31.8 Å². The quantitative estimate of drug-likeness (QED) is 0.889. The summed E-state index contributed by atoms with van der Waals surface area (Å²) >= 11 is 3.00. The van der Waals surface area contributed by atoms with Gasteiger partial charge in [-0.3, -0.25) is 0 Å². The summed E-state index contributed by atoms with van der Waals surface area (Å²) in [7, 11) is -4.34. The van der Waals surface area contributed by atoms with E-state index in [4.69, 9.17) is 5.73 Å². The SMILES string of the molecule is CCN(CC(F)(F)F)S(=O)(=O)c1cc(Br)cnc1N. The molecule has 0 aliphatic rings. The van der Waals surface area contributed by atoms with E-state index in [-0.39, 0.29) is 12.4 Å². The zero-order valence-corrected chi connectivity index (χ0v) is 12.2. The van der Waals surface area contributed by atoms with E-state index in [9.17, 15) is 21.6 Å². The maximum absolute atomic E-state index is 12.4. The lowest BCUT2D eigenvalue weighted by Crippen LogP contribution is -2.39. The van der Waals surface area contributed by atoms with Gasteiger partial charge >= 0.3 is 6.18 Å². The van der Waals surface area contributed by atoms with Gasteiger partial charge in [-0.25, -0.2) is 13.4 Å². The first-order valence-electron chi connectivity index (χ1n) is 5.06. The summed E-state index contributed by atoms with van der Waals surface area (Å²) < 4.78 is 61.9. The Bertz CT molecular complexity index is 562. The van der Waals surface area contributed by atoms with E-state index in [2.05, 4.69) is 20.9 Å². The van der Waals surface area contributed by atoms with Crippen LogP contribution in [0.25, 0.3) is 0 Å². The van der Waals surface area contributed by atoms with Crippen molar-refractivity contribution in [3.8, 4) is 0 Å². The Balaban J connectivity index is 3.25. The van der Waals surface area contributed by atoms with Crippen LogP contribution in [-0.2, 0) is 10.0 Å². The van der Waals surface area contributed by atoms with E-state index in [0.29, 0.717) is 8.78 Å². The zero-order chi connectivity index (χ0) is 14.8. The molecule has 10 heteroatoms. The normalized spacial score (nSPS) is 12.9. The van der Waals surface area contributed by atoms with Crippen LogP contribution >= 0.6 is 15.9 Å². The number of anilines is 1. The van der Waals surface area contributed by atoms with Crippen LogP contribution in [0.5, 0.6) is 0 Å². The van der Waals surface area contributed by atoms with E-state index in [1.54, 1.807) is 0 Å². The highest BCUT2D eigenvalue weighted by atomic mass is 79.9. The molecule has 108 valence electrons. The second kappa shape index (κ2) is 5.63. The first kappa shape index (κ1) is 16.2. The number of aromatic nitrogens is 1. The summed E-state index contributed by atoms with van der Waals surface area (Å²) in [5.41, 5.74) is 5.41. The molecule has 0 spiro atoms. The molecule has 0 saturated heterocycles. The standard InChI is InChI=1S/C9H11BrF3N3O2S/c1-2-16(5-9(11,12)13)19(17,18)7-3-6(10)4-15-8(7)14/h3-4H,2,5H2,1H3,(H2,14,15). The van der Waals surface area contributed by atoms with Crippen LogP contribution in [0.15, 0.2) is 21.6 Å². The molecule has 1 aromatic heterocycles. The molecule has 0 unspecified atom stereocenters. The highest BCUT2D eigenvalue weighted by Crippen LogP contribution is 2.26. The van der Waals surface area contributed by atoms with Gasteiger partial charge in [0.25, 0.3) is 0 Å². The molecule has 0 bridgehead atoms. The van der Waals surface area contributed by atoms with E-state index in [0.717, 1.165) is 6.07 Å². The molecular weight excluding hydrogens is 351 g/mol. The van der Waals surface area contributed by atoms with Gasteiger partial charge in [-0.1, -0.05) is 6.92 Å². The number of nitrogen functional groups attached to an aromatic ring is 1. The fraction of sp³-hybridized carbons (Fsp3) is 0.444. The number of rotatable bonds is 4. The summed E-state index contributed by atoms with van der Waals surface area (Å²) in [5, 5.41) is 0. The van der Waals surface area contributed by atoms with Crippen LogP contribution < -0.4 is 5.73 Å². The number of sulfonamides is 1. The largest absolute Gasteiger partial charge is 0.402 e. The van der Waals surface area contributed by atoms with E-state index in [1.807, 2.05) is 0 Å². The zero-order valence-electron chi connectivity index (χ0n) is 9.78. The molecule has 0 fully saturated rings. The summed E-state index contributed by atoms with van der Waals surface area (Å²) in [6.07, 6.45) is -3.37. The number of hydrogen-bond donors (Lipinski definition) is 1. The Labute approximate surface area is 116 Å². The first-order valence-corrected chi connectivity index (χ1v) is 7.29. The Kier molecular flexibility index (Phi) is 4.80. The van der Waals surface area contributed by atoms with Crippen LogP contribution in [-0.4, -0.2) is 37.0 Å². The number of nitrogens with zero attached hydrogens (tertiary/aromatic N) is 2. The average Bonchev–Trinajstić information content (AvgIpc) is 2.27. The molecule has 0 aliphatic heterocycles. The van der Waals surface area contributed by atoms with E-state index < -0.39 is 27.6 Å². The first-order chi connectivity index (χ1) is 8.58. The molecule has 1 aromatic rings. The Morgan fingerprint density at radius 2 is 2.05 bits per heavy atom. The summed E-state index contributed by atoms with van der Waals surface area (Å²) in [4.78, 5) is 3.15. The number of halogens is 4. The second-order valence-corrected chi connectivity index (χ2v) is 6.41. The molecule has 1 rings (SSSR count). The van der Waals surface area contributed by atoms with Gasteiger partial charge in [-0.05, 0) is 22.0 Å². The van der Waals surface area contributed by atoms with E-state index >= 15 is 0 Å². The van der Waals surface area contributed by atoms with Gasteiger partial charge in [-0.15, -0.1) is 0 Å². The summed E-state index contributed by atoms with van der Waals surface area (Å²) in [6, 6.07) is 1.12. The number of pyridine rings is 1. The molecule has 0 amide bonds. The molecule has 0 aliphatic carbocycles. The van der Waals surface area contributed by atoms with Gasteiger partial charge in [-0.2, -0.15) is 17.5 Å². The van der Waals surface area contributed by atoms with Crippen molar-refractivity contribution in [2.45, 2.75) is 18.0 Å². The highest BCUT2D eigenvalue weighted by molar-refractivity contribution is 9.10. The minimum Gasteiger partial charge on any atom is -0.383 e. The molecule has 5 nitrogen and oxygen atoms in total. The molecule has 1 heterocycles. The lowest BCUT2D eigenvalue weighted by atomic mass is 10.5. The summed E-state index contributed by atoms with van der Waals surface area (Å²) in [6.45, 7) is -0.587. The van der Waals surface area contributed by atoms with Crippen LogP contribution in [0.1, 0.15) is 6.92 Å². The minimum atomic E-state index is -4.63. The summed E-state index contributed by atoms with van der Waals surface area (Å²) in [5.74, 6) is -0.344. The van der Waals surface area contributed by atoms with Crippen molar-refractivity contribution in [2.75, 3.05) is 18.8 Å².